The van der Waals surface area contributed by atoms with E-state index in [0.29, 0.717) is 45.7 Å². The van der Waals surface area contributed by atoms with Crippen LogP contribution in [0.15, 0.2) is 54.9 Å². The third-order valence-electron chi connectivity index (χ3n) is 7.16. The first-order valence-electron chi connectivity index (χ1n) is 13.2. The van der Waals surface area contributed by atoms with Gasteiger partial charge in [-0.15, -0.1) is 0 Å². The zero-order chi connectivity index (χ0) is 29.5. The highest BCUT2D eigenvalue weighted by Crippen LogP contribution is 2.33. The van der Waals surface area contributed by atoms with Gasteiger partial charge in [0.05, 0.1) is 30.0 Å². The number of aryl methyl sites for hydroxylation is 2. The Kier molecular flexibility index (Phi) is 7.46. The quantitative estimate of drug-likeness (QED) is 0.233. The first-order valence-corrected chi connectivity index (χ1v) is 13.2. The van der Waals surface area contributed by atoms with Crippen LogP contribution in [0.2, 0.25) is 0 Å². The predicted molar refractivity (Wildman–Crippen MR) is 149 cm³/mol. The summed E-state index contributed by atoms with van der Waals surface area (Å²) in [6.45, 7) is 3.27. The van der Waals surface area contributed by atoms with Crippen molar-refractivity contribution in [3.05, 3.63) is 77.1 Å². The van der Waals surface area contributed by atoms with Crippen LogP contribution in [0.4, 0.5) is 23.2 Å². The number of fused-ring (bicyclic) bond motifs is 1. The van der Waals surface area contributed by atoms with Gasteiger partial charge in [0, 0.05) is 48.5 Å². The molecule has 2 aromatic carbocycles. The van der Waals surface area contributed by atoms with Gasteiger partial charge in [0.1, 0.15) is 6.17 Å². The molecule has 1 aliphatic carbocycles. The Morgan fingerprint density at radius 1 is 0.976 bits per heavy atom. The Labute approximate surface area is 234 Å². The topological polar surface area (TPSA) is 87.5 Å². The lowest BCUT2D eigenvalue weighted by Crippen LogP contribution is -2.27. The second-order valence-corrected chi connectivity index (χ2v) is 10.2. The fourth-order valence-corrected chi connectivity index (χ4v) is 4.80. The molecule has 41 heavy (non-hydrogen) atoms. The van der Waals surface area contributed by atoms with Crippen molar-refractivity contribution in [2.75, 3.05) is 18.9 Å². The highest BCUT2D eigenvalue weighted by atomic mass is 19.4. The molecule has 5 rings (SSSR count). The monoisotopic (exact) mass is 567 g/mol. The number of nitrogens with zero attached hydrogens (tertiary/aromatic N) is 2. The number of amides is 2. The van der Waals surface area contributed by atoms with Crippen molar-refractivity contribution >= 4 is 23.1 Å². The van der Waals surface area contributed by atoms with Gasteiger partial charge in [0.2, 0.25) is 0 Å². The number of rotatable bonds is 8. The number of hydrogen-bond acceptors (Lipinski definition) is 4. The number of imidazole rings is 1. The molecule has 2 heterocycles. The van der Waals surface area contributed by atoms with Crippen LogP contribution >= 0.6 is 0 Å². The van der Waals surface area contributed by atoms with Gasteiger partial charge >= 0.3 is 6.18 Å². The molecule has 2 unspecified atom stereocenters. The molecular weight excluding hydrogens is 538 g/mol. The summed E-state index contributed by atoms with van der Waals surface area (Å²) in [4.78, 5) is 29.3. The fourth-order valence-electron chi connectivity index (χ4n) is 4.80. The second kappa shape index (κ2) is 10.9. The smallest absolute Gasteiger partial charge is 0.382 e. The van der Waals surface area contributed by atoms with Crippen molar-refractivity contribution in [1.29, 1.82) is 0 Å². The third kappa shape index (κ3) is 6.03. The molecule has 0 spiro atoms. The zero-order valence-corrected chi connectivity index (χ0v) is 22.7. The summed E-state index contributed by atoms with van der Waals surface area (Å²) in [6.07, 6.45) is -2.56. The van der Waals surface area contributed by atoms with E-state index in [4.69, 9.17) is 0 Å². The minimum Gasteiger partial charge on any atom is -0.382 e. The summed E-state index contributed by atoms with van der Waals surface area (Å²) < 4.78 is 53.8. The highest BCUT2D eigenvalue weighted by molar-refractivity contribution is 5.97. The maximum atomic E-state index is 13.3. The normalized spacial score (nSPS) is 16.5. The molecule has 3 N–H and O–H groups in total. The molecule has 2 amide bonds. The van der Waals surface area contributed by atoms with Crippen molar-refractivity contribution in [1.82, 2.24) is 20.0 Å². The van der Waals surface area contributed by atoms with Gasteiger partial charge in [0.15, 0.2) is 5.65 Å². The van der Waals surface area contributed by atoms with E-state index in [0.717, 1.165) is 16.7 Å². The number of halogens is 4. The van der Waals surface area contributed by atoms with E-state index >= 15 is 0 Å². The molecule has 4 aromatic rings. The number of hydrogen-bond donors (Lipinski definition) is 3. The number of anilines is 1. The van der Waals surface area contributed by atoms with Gasteiger partial charge in [-0.1, -0.05) is 18.2 Å². The first-order chi connectivity index (χ1) is 19.4. The zero-order valence-electron chi connectivity index (χ0n) is 22.7. The van der Waals surface area contributed by atoms with Gasteiger partial charge in [-0.2, -0.15) is 13.2 Å². The Balaban J connectivity index is 1.55. The van der Waals surface area contributed by atoms with Crippen molar-refractivity contribution in [2.45, 2.75) is 45.1 Å². The summed E-state index contributed by atoms with van der Waals surface area (Å²) in [5, 5.41) is 8.17. The number of alkyl halides is 4. The van der Waals surface area contributed by atoms with E-state index in [-0.39, 0.29) is 18.4 Å². The van der Waals surface area contributed by atoms with Crippen LogP contribution in [-0.4, -0.2) is 53.2 Å². The summed E-state index contributed by atoms with van der Waals surface area (Å²) >= 11 is 0. The van der Waals surface area contributed by atoms with Crippen LogP contribution in [0.3, 0.4) is 0 Å². The fraction of sp³-hybridized carbons (Fsp3) is 0.300. The largest absolute Gasteiger partial charge is 0.390 e. The number of nitrogens with one attached hydrogen (secondary N) is 3. The molecule has 2 atom stereocenters. The molecule has 1 saturated carbocycles. The molecule has 7 nitrogen and oxygen atoms in total. The van der Waals surface area contributed by atoms with Crippen molar-refractivity contribution < 1.29 is 27.2 Å². The van der Waals surface area contributed by atoms with Gasteiger partial charge in [-0.3, -0.25) is 14.0 Å². The van der Waals surface area contributed by atoms with Crippen LogP contribution in [0.5, 0.6) is 0 Å². The lowest BCUT2D eigenvalue weighted by molar-refractivity contribution is -0.131. The standard InChI is InChI=1S/C30H29F4N5O2/c1-16-10-18(4-6-22(16)29(41)38-24-13-23(24)31)20-12-25(36-9-8-30(32,33)34)27-37-14-26(39(27)15-20)19-5-7-21(17(2)11-19)28(40)35-3/h4-7,10-12,14-15,23-24,36H,8-9,13H2,1-3H3,(H,35,40)(H,38,41). The molecule has 11 heteroatoms. The van der Waals surface area contributed by atoms with E-state index in [1.165, 1.54) is 0 Å². The lowest BCUT2D eigenvalue weighted by Gasteiger charge is -2.15. The van der Waals surface area contributed by atoms with Gasteiger partial charge in [-0.05, 0) is 54.8 Å². The summed E-state index contributed by atoms with van der Waals surface area (Å²) in [5.41, 5.74) is 6.12. The predicted octanol–water partition coefficient (Wildman–Crippen LogP) is 5.85. The SMILES string of the molecule is CNC(=O)c1ccc(-c2cnc3c(NCCC(F)(F)F)cc(-c4ccc(C(=O)NC5CC5F)c(C)c4)cn23)cc1C. The van der Waals surface area contributed by atoms with Crippen LogP contribution in [0.25, 0.3) is 28.0 Å². The number of benzene rings is 2. The summed E-state index contributed by atoms with van der Waals surface area (Å²) in [6, 6.07) is 11.9. The Morgan fingerprint density at radius 3 is 2.22 bits per heavy atom. The Bertz CT molecular complexity index is 1650. The maximum absolute atomic E-state index is 13.3. The highest BCUT2D eigenvalue weighted by Gasteiger charge is 2.39. The molecule has 0 aliphatic heterocycles. The minimum atomic E-state index is -4.32. The van der Waals surface area contributed by atoms with Crippen molar-refractivity contribution in [2.24, 2.45) is 0 Å². The van der Waals surface area contributed by atoms with E-state index < -0.39 is 24.8 Å². The number of aromatic nitrogens is 2. The molecule has 214 valence electrons. The number of carbonyl (C=O) groups excluding carboxylic acids is 2. The van der Waals surface area contributed by atoms with Gasteiger partial charge < -0.3 is 16.0 Å². The molecular formula is C30H29F4N5O2. The van der Waals surface area contributed by atoms with Crippen LogP contribution < -0.4 is 16.0 Å². The van der Waals surface area contributed by atoms with E-state index in [2.05, 4.69) is 20.9 Å². The third-order valence-corrected chi connectivity index (χ3v) is 7.16. The summed E-state index contributed by atoms with van der Waals surface area (Å²) in [5.74, 6) is -0.559. The van der Waals surface area contributed by atoms with E-state index in [9.17, 15) is 27.2 Å². The van der Waals surface area contributed by atoms with Gasteiger partial charge in [-0.25, -0.2) is 9.37 Å². The van der Waals surface area contributed by atoms with Crippen LogP contribution in [0, 0.1) is 13.8 Å². The van der Waals surface area contributed by atoms with Crippen molar-refractivity contribution in [3.8, 4) is 22.4 Å². The maximum Gasteiger partial charge on any atom is 0.390 e. The average Bonchev–Trinajstić information content (AvgIpc) is 3.43. The van der Waals surface area contributed by atoms with Crippen LogP contribution in [-0.2, 0) is 0 Å². The first kappa shape index (κ1) is 28.1. The van der Waals surface area contributed by atoms with Crippen LogP contribution in [0.1, 0.15) is 44.7 Å². The lowest BCUT2D eigenvalue weighted by atomic mass is 10.00. The van der Waals surface area contributed by atoms with E-state index in [1.54, 1.807) is 54.9 Å². The molecule has 2 aromatic heterocycles. The molecule has 1 fully saturated rings. The van der Waals surface area contributed by atoms with Gasteiger partial charge in [0.25, 0.3) is 11.8 Å². The molecule has 0 bridgehead atoms. The molecule has 0 saturated heterocycles. The second-order valence-electron chi connectivity index (χ2n) is 10.2. The number of carbonyl (C=O) groups is 2. The Hall–Kier alpha value is -4.41. The average molecular weight is 568 g/mol. The number of pyridine rings is 1. The summed E-state index contributed by atoms with van der Waals surface area (Å²) in [7, 11) is 1.56. The minimum absolute atomic E-state index is 0.209. The van der Waals surface area contributed by atoms with E-state index in [1.807, 2.05) is 25.3 Å². The molecule has 1 aliphatic rings. The van der Waals surface area contributed by atoms with Crippen molar-refractivity contribution in [3.63, 3.8) is 0 Å². The molecule has 0 radical (unpaired) electrons. The Morgan fingerprint density at radius 2 is 1.61 bits per heavy atom.